The van der Waals surface area contributed by atoms with Gasteiger partial charge in [-0.15, -0.1) is 0 Å². The van der Waals surface area contributed by atoms with Crippen LogP contribution in [0.2, 0.25) is 0 Å². The lowest BCUT2D eigenvalue weighted by atomic mass is 9.97. The normalized spacial score (nSPS) is 20.2. The molecule has 0 aliphatic carbocycles. The lowest BCUT2D eigenvalue weighted by Crippen LogP contribution is -2.34. The SMILES string of the molecule is COc1cc(Br)cc2c1O[C@H](c1cccc(F)c1)N1N=C(c3ccco3)C[C@H]21. The topological polar surface area (TPSA) is 47.2 Å². The monoisotopic (exact) mass is 442 g/mol. The highest BCUT2D eigenvalue weighted by molar-refractivity contribution is 9.10. The quantitative estimate of drug-likeness (QED) is 0.542. The number of fused-ring (bicyclic) bond motifs is 3. The van der Waals surface area contributed by atoms with E-state index < -0.39 is 6.23 Å². The van der Waals surface area contributed by atoms with Gasteiger partial charge in [-0.25, -0.2) is 9.40 Å². The molecule has 0 spiro atoms. The van der Waals surface area contributed by atoms with Gasteiger partial charge in [-0.05, 0) is 36.4 Å². The number of nitrogens with zero attached hydrogens (tertiary/aromatic N) is 2. The Hall–Kier alpha value is -2.80. The number of ether oxygens (including phenoxy) is 2. The average Bonchev–Trinajstić information content (AvgIpc) is 3.36. The first-order valence-electron chi connectivity index (χ1n) is 8.83. The molecule has 2 atom stereocenters. The minimum atomic E-state index is -0.573. The summed E-state index contributed by atoms with van der Waals surface area (Å²) >= 11 is 3.54. The molecule has 2 aromatic carbocycles. The number of hydrogen-bond acceptors (Lipinski definition) is 5. The van der Waals surface area contributed by atoms with Crippen molar-refractivity contribution in [1.29, 1.82) is 0 Å². The fourth-order valence-electron chi connectivity index (χ4n) is 3.75. The Labute approximate surface area is 169 Å². The van der Waals surface area contributed by atoms with E-state index in [9.17, 15) is 4.39 Å². The Kier molecular flexibility index (Phi) is 4.12. The van der Waals surface area contributed by atoms with E-state index in [1.165, 1.54) is 12.1 Å². The second kappa shape index (κ2) is 6.67. The van der Waals surface area contributed by atoms with Gasteiger partial charge in [-0.2, -0.15) is 5.10 Å². The molecule has 2 aliphatic rings. The maximum Gasteiger partial charge on any atom is 0.214 e. The second-order valence-corrected chi connectivity index (χ2v) is 7.59. The highest BCUT2D eigenvalue weighted by Gasteiger charge is 2.43. The number of rotatable bonds is 3. The number of methoxy groups -OCH3 is 1. The Morgan fingerprint density at radius 3 is 2.86 bits per heavy atom. The summed E-state index contributed by atoms with van der Waals surface area (Å²) in [6, 6.07) is 13.9. The van der Waals surface area contributed by atoms with E-state index in [4.69, 9.17) is 19.0 Å². The van der Waals surface area contributed by atoms with Gasteiger partial charge in [-0.3, -0.25) is 0 Å². The summed E-state index contributed by atoms with van der Waals surface area (Å²) in [6.45, 7) is 0. The Balaban J connectivity index is 1.66. The Morgan fingerprint density at radius 1 is 1.21 bits per heavy atom. The maximum atomic E-state index is 13.9. The largest absolute Gasteiger partial charge is 0.493 e. The molecule has 5 rings (SSSR count). The van der Waals surface area contributed by atoms with Crippen LogP contribution in [0, 0.1) is 5.82 Å². The lowest BCUT2D eigenvalue weighted by molar-refractivity contribution is -0.0211. The summed E-state index contributed by atoms with van der Waals surface area (Å²) < 4.78 is 32.2. The first-order valence-corrected chi connectivity index (χ1v) is 9.62. The van der Waals surface area contributed by atoms with Crippen LogP contribution in [0.5, 0.6) is 11.5 Å². The first-order chi connectivity index (χ1) is 13.6. The summed E-state index contributed by atoms with van der Waals surface area (Å²) in [4.78, 5) is 0. The molecule has 0 saturated carbocycles. The fourth-order valence-corrected chi connectivity index (χ4v) is 4.20. The maximum absolute atomic E-state index is 13.9. The van der Waals surface area contributed by atoms with E-state index in [0.717, 1.165) is 21.5 Å². The molecule has 0 saturated heterocycles. The zero-order chi connectivity index (χ0) is 19.3. The zero-order valence-corrected chi connectivity index (χ0v) is 16.5. The standard InChI is InChI=1S/C21H16BrFN2O3/c1-26-19-10-13(22)9-15-17-11-16(18-6-3-7-27-18)24-25(17)21(28-20(15)19)12-4-2-5-14(23)8-12/h2-10,17,21H,11H2,1H3/t17-,21-/m1/s1. The molecule has 28 heavy (non-hydrogen) atoms. The van der Waals surface area contributed by atoms with Crippen molar-refractivity contribution in [1.82, 2.24) is 5.01 Å². The molecular weight excluding hydrogens is 427 g/mol. The van der Waals surface area contributed by atoms with Gasteiger partial charge in [0, 0.05) is 22.0 Å². The van der Waals surface area contributed by atoms with Gasteiger partial charge in [0.05, 0.1) is 19.4 Å². The predicted molar refractivity (Wildman–Crippen MR) is 105 cm³/mol. The highest BCUT2D eigenvalue weighted by atomic mass is 79.9. The first kappa shape index (κ1) is 17.3. The van der Waals surface area contributed by atoms with Crippen LogP contribution in [0.1, 0.15) is 35.6 Å². The van der Waals surface area contributed by atoms with Crippen molar-refractivity contribution in [3.05, 3.63) is 82.0 Å². The smallest absolute Gasteiger partial charge is 0.214 e. The van der Waals surface area contributed by atoms with Crippen molar-refractivity contribution in [2.45, 2.75) is 18.7 Å². The number of hydrazone groups is 1. The number of furan rings is 1. The van der Waals surface area contributed by atoms with Crippen LogP contribution in [0.25, 0.3) is 0 Å². The molecule has 7 heteroatoms. The molecule has 0 unspecified atom stereocenters. The van der Waals surface area contributed by atoms with Crippen LogP contribution in [0.4, 0.5) is 4.39 Å². The third-order valence-corrected chi connectivity index (χ3v) is 5.44. The number of benzene rings is 2. The summed E-state index contributed by atoms with van der Waals surface area (Å²) in [7, 11) is 1.61. The molecule has 3 heterocycles. The Morgan fingerprint density at radius 2 is 2.11 bits per heavy atom. The van der Waals surface area contributed by atoms with Gasteiger partial charge in [0.25, 0.3) is 0 Å². The second-order valence-electron chi connectivity index (χ2n) is 6.68. The number of hydrogen-bond donors (Lipinski definition) is 0. The van der Waals surface area contributed by atoms with Gasteiger partial charge < -0.3 is 13.9 Å². The van der Waals surface area contributed by atoms with Gasteiger partial charge >= 0.3 is 0 Å². The highest BCUT2D eigenvalue weighted by Crippen LogP contribution is 2.51. The fraction of sp³-hybridized carbons (Fsp3) is 0.190. The van der Waals surface area contributed by atoms with E-state index in [-0.39, 0.29) is 11.9 Å². The minimum absolute atomic E-state index is 0.0801. The van der Waals surface area contributed by atoms with E-state index in [1.54, 1.807) is 19.4 Å². The van der Waals surface area contributed by atoms with Crippen LogP contribution >= 0.6 is 15.9 Å². The predicted octanol–water partition coefficient (Wildman–Crippen LogP) is 5.43. The molecule has 0 N–H and O–H groups in total. The summed E-state index contributed by atoms with van der Waals surface area (Å²) in [5, 5.41) is 6.65. The molecule has 0 bridgehead atoms. The summed E-state index contributed by atoms with van der Waals surface area (Å²) in [5.74, 6) is 1.67. The van der Waals surface area contributed by atoms with Crippen molar-refractivity contribution < 1.29 is 18.3 Å². The lowest BCUT2D eigenvalue weighted by Gasteiger charge is -2.38. The van der Waals surface area contributed by atoms with Gasteiger partial charge in [0.2, 0.25) is 6.23 Å². The Bertz CT molecular complexity index is 1070. The molecular formula is C21H16BrFN2O3. The third kappa shape index (κ3) is 2.77. The third-order valence-electron chi connectivity index (χ3n) is 4.98. The van der Waals surface area contributed by atoms with Gasteiger partial charge in [0.15, 0.2) is 11.5 Å². The van der Waals surface area contributed by atoms with Gasteiger partial charge in [-0.1, -0.05) is 28.1 Å². The molecule has 0 fully saturated rings. The van der Waals surface area contributed by atoms with Crippen LogP contribution < -0.4 is 9.47 Å². The summed E-state index contributed by atoms with van der Waals surface area (Å²) in [5.41, 5.74) is 2.47. The molecule has 2 aliphatic heterocycles. The van der Waals surface area contributed by atoms with E-state index in [1.807, 2.05) is 35.3 Å². The summed E-state index contributed by atoms with van der Waals surface area (Å²) in [6.07, 6.45) is 1.70. The van der Waals surface area contributed by atoms with Gasteiger partial charge in [0.1, 0.15) is 17.3 Å². The molecule has 3 aromatic rings. The van der Waals surface area contributed by atoms with Crippen molar-refractivity contribution in [3.8, 4) is 11.5 Å². The van der Waals surface area contributed by atoms with Crippen LogP contribution in [0.3, 0.4) is 0 Å². The molecule has 5 nitrogen and oxygen atoms in total. The van der Waals surface area contributed by atoms with Crippen molar-refractivity contribution in [2.75, 3.05) is 7.11 Å². The molecule has 0 amide bonds. The van der Waals surface area contributed by atoms with E-state index >= 15 is 0 Å². The molecule has 0 radical (unpaired) electrons. The molecule has 1 aromatic heterocycles. The average molecular weight is 443 g/mol. The van der Waals surface area contributed by atoms with E-state index in [0.29, 0.717) is 23.5 Å². The van der Waals surface area contributed by atoms with Crippen molar-refractivity contribution in [2.24, 2.45) is 5.10 Å². The van der Waals surface area contributed by atoms with Crippen LogP contribution in [-0.2, 0) is 0 Å². The minimum Gasteiger partial charge on any atom is -0.493 e. The van der Waals surface area contributed by atoms with Crippen LogP contribution in [-0.4, -0.2) is 17.8 Å². The van der Waals surface area contributed by atoms with E-state index in [2.05, 4.69) is 15.9 Å². The van der Waals surface area contributed by atoms with Crippen molar-refractivity contribution in [3.63, 3.8) is 0 Å². The molecule has 142 valence electrons. The zero-order valence-electron chi connectivity index (χ0n) is 14.9. The van der Waals surface area contributed by atoms with Crippen LogP contribution in [0.15, 0.2) is 68.8 Å². The number of halogens is 2. The van der Waals surface area contributed by atoms with Crippen molar-refractivity contribution >= 4 is 21.6 Å².